The van der Waals surface area contributed by atoms with Crippen molar-refractivity contribution in [1.82, 2.24) is 4.31 Å². The van der Waals surface area contributed by atoms with Crippen LogP contribution in [0.25, 0.3) is 0 Å². The first-order valence-electron chi connectivity index (χ1n) is 6.18. The predicted molar refractivity (Wildman–Crippen MR) is 62.6 cm³/mol. The first kappa shape index (κ1) is 12.3. The third-order valence-electron chi connectivity index (χ3n) is 3.83. The molecule has 4 nitrogen and oxygen atoms in total. The van der Waals surface area contributed by atoms with Crippen LogP contribution in [-0.4, -0.2) is 42.3 Å². The third-order valence-corrected chi connectivity index (χ3v) is 5.91. The molecule has 1 N–H and O–H groups in total. The highest BCUT2D eigenvalue weighted by molar-refractivity contribution is 7.89. The number of hydrogen-bond acceptors (Lipinski definition) is 3. The number of rotatable bonds is 4. The molecular formula is C11H21NO3S. The minimum absolute atomic E-state index is 0.252. The van der Waals surface area contributed by atoms with Crippen LogP contribution in [0.2, 0.25) is 0 Å². The zero-order valence-corrected chi connectivity index (χ0v) is 10.7. The lowest BCUT2D eigenvalue weighted by atomic mass is 9.90. The van der Waals surface area contributed by atoms with Crippen molar-refractivity contribution in [3.63, 3.8) is 0 Å². The summed E-state index contributed by atoms with van der Waals surface area (Å²) in [5.74, 6) is 0.572. The highest BCUT2D eigenvalue weighted by Crippen LogP contribution is 2.46. The van der Waals surface area contributed by atoms with Crippen molar-refractivity contribution in [2.24, 2.45) is 5.92 Å². The van der Waals surface area contributed by atoms with E-state index in [4.69, 9.17) is 0 Å². The molecule has 0 spiro atoms. The molecule has 0 aromatic carbocycles. The Kier molecular flexibility index (Phi) is 3.29. The minimum Gasteiger partial charge on any atom is -0.390 e. The van der Waals surface area contributed by atoms with Gasteiger partial charge in [-0.25, -0.2) is 12.7 Å². The Morgan fingerprint density at radius 1 is 1.31 bits per heavy atom. The number of hydrogen-bond donors (Lipinski definition) is 1. The van der Waals surface area contributed by atoms with Crippen LogP contribution in [0.4, 0.5) is 0 Å². The summed E-state index contributed by atoms with van der Waals surface area (Å²) in [5, 5.41) is 9.98. The molecule has 1 saturated carbocycles. The summed E-state index contributed by atoms with van der Waals surface area (Å²) < 4.78 is 25.2. The SMILES string of the molecule is CCCS(=O)(=O)N1CCC(C2(O)CC2)CC1. The maximum atomic E-state index is 11.8. The van der Waals surface area contributed by atoms with Gasteiger partial charge < -0.3 is 5.11 Å². The highest BCUT2D eigenvalue weighted by atomic mass is 32.2. The Bertz CT molecular complexity index is 340. The Hall–Kier alpha value is -0.130. The summed E-state index contributed by atoms with van der Waals surface area (Å²) in [6.07, 6.45) is 4.11. The van der Waals surface area contributed by atoms with Gasteiger partial charge in [-0.05, 0) is 38.0 Å². The summed E-state index contributed by atoms with van der Waals surface area (Å²) in [5.41, 5.74) is -0.444. The van der Waals surface area contributed by atoms with Gasteiger partial charge in [0.15, 0.2) is 0 Å². The molecule has 0 unspecified atom stereocenters. The predicted octanol–water partition coefficient (Wildman–Crippen LogP) is 0.963. The van der Waals surface area contributed by atoms with E-state index < -0.39 is 15.6 Å². The molecule has 16 heavy (non-hydrogen) atoms. The van der Waals surface area contributed by atoms with Gasteiger partial charge in [0, 0.05) is 13.1 Å². The fourth-order valence-corrected chi connectivity index (χ4v) is 4.14. The molecule has 0 aromatic rings. The Morgan fingerprint density at radius 3 is 2.31 bits per heavy atom. The normalized spacial score (nSPS) is 26.9. The summed E-state index contributed by atoms with van der Waals surface area (Å²) in [4.78, 5) is 0. The van der Waals surface area contributed by atoms with Crippen molar-refractivity contribution in [2.45, 2.75) is 44.6 Å². The van der Waals surface area contributed by atoms with Crippen molar-refractivity contribution in [1.29, 1.82) is 0 Å². The molecule has 0 aromatic heterocycles. The molecule has 0 amide bonds. The number of aliphatic hydroxyl groups is 1. The second-order valence-electron chi connectivity index (χ2n) is 5.09. The number of piperidine rings is 1. The van der Waals surface area contributed by atoms with E-state index in [-0.39, 0.29) is 5.75 Å². The van der Waals surface area contributed by atoms with Crippen LogP contribution in [-0.2, 0) is 10.0 Å². The Labute approximate surface area is 97.7 Å². The average molecular weight is 247 g/mol. The van der Waals surface area contributed by atoms with Gasteiger partial charge >= 0.3 is 0 Å². The second kappa shape index (κ2) is 4.27. The van der Waals surface area contributed by atoms with E-state index in [9.17, 15) is 13.5 Å². The lowest BCUT2D eigenvalue weighted by Crippen LogP contribution is -2.42. The molecule has 0 radical (unpaired) electrons. The van der Waals surface area contributed by atoms with Gasteiger partial charge in [-0.2, -0.15) is 0 Å². The zero-order chi connectivity index (χ0) is 11.8. The van der Waals surface area contributed by atoms with Crippen molar-refractivity contribution in [3.05, 3.63) is 0 Å². The summed E-state index contributed by atoms with van der Waals surface area (Å²) in [6, 6.07) is 0. The fourth-order valence-electron chi connectivity index (χ4n) is 2.59. The van der Waals surface area contributed by atoms with Gasteiger partial charge in [0.25, 0.3) is 0 Å². The van der Waals surface area contributed by atoms with Crippen LogP contribution in [0, 0.1) is 5.92 Å². The molecule has 1 saturated heterocycles. The van der Waals surface area contributed by atoms with Crippen molar-refractivity contribution >= 4 is 10.0 Å². The van der Waals surface area contributed by atoms with Crippen LogP contribution in [0.3, 0.4) is 0 Å². The highest BCUT2D eigenvalue weighted by Gasteiger charge is 2.48. The van der Waals surface area contributed by atoms with Crippen LogP contribution in [0.5, 0.6) is 0 Å². The lowest BCUT2D eigenvalue weighted by Gasteiger charge is -2.33. The number of sulfonamides is 1. The fraction of sp³-hybridized carbons (Fsp3) is 1.00. The van der Waals surface area contributed by atoms with Crippen LogP contribution >= 0.6 is 0 Å². The first-order chi connectivity index (χ1) is 7.48. The van der Waals surface area contributed by atoms with E-state index in [1.54, 1.807) is 4.31 Å². The van der Waals surface area contributed by atoms with Crippen LogP contribution in [0.15, 0.2) is 0 Å². The average Bonchev–Trinajstić information content (AvgIpc) is 2.98. The summed E-state index contributed by atoms with van der Waals surface area (Å²) in [7, 11) is -3.03. The molecular weight excluding hydrogens is 226 g/mol. The summed E-state index contributed by atoms with van der Waals surface area (Å²) in [6.45, 7) is 3.07. The maximum Gasteiger partial charge on any atom is 0.214 e. The van der Waals surface area contributed by atoms with Gasteiger partial charge in [-0.1, -0.05) is 6.92 Å². The molecule has 0 bridgehead atoms. The van der Waals surface area contributed by atoms with Crippen LogP contribution < -0.4 is 0 Å². The molecule has 2 aliphatic rings. The van der Waals surface area contributed by atoms with E-state index in [1.165, 1.54) is 0 Å². The number of nitrogens with zero attached hydrogens (tertiary/aromatic N) is 1. The van der Waals surface area contributed by atoms with E-state index >= 15 is 0 Å². The molecule has 0 atom stereocenters. The van der Waals surface area contributed by atoms with Crippen molar-refractivity contribution in [2.75, 3.05) is 18.8 Å². The summed E-state index contributed by atoms with van der Waals surface area (Å²) >= 11 is 0. The molecule has 94 valence electrons. The topological polar surface area (TPSA) is 57.6 Å². The van der Waals surface area contributed by atoms with E-state index in [0.29, 0.717) is 25.4 Å². The maximum absolute atomic E-state index is 11.8. The van der Waals surface area contributed by atoms with Gasteiger partial charge in [0.1, 0.15) is 0 Å². The monoisotopic (exact) mass is 247 g/mol. The largest absolute Gasteiger partial charge is 0.390 e. The van der Waals surface area contributed by atoms with Crippen molar-refractivity contribution < 1.29 is 13.5 Å². The smallest absolute Gasteiger partial charge is 0.214 e. The van der Waals surface area contributed by atoms with Crippen molar-refractivity contribution in [3.8, 4) is 0 Å². The molecule has 1 aliphatic heterocycles. The van der Waals surface area contributed by atoms with Gasteiger partial charge in [0.05, 0.1) is 11.4 Å². The Balaban J connectivity index is 1.90. The third kappa shape index (κ3) is 2.41. The van der Waals surface area contributed by atoms with E-state index in [2.05, 4.69) is 0 Å². The molecule has 1 aliphatic carbocycles. The molecule has 5 heteroatoms. The van der Waals surface area contributed by atoms with E-state index in [1.807, 2.05) is 6.92 Å². The van der Waals surface area contributed by atoms with Gasteiger partial charge in [-0.3, -0.25) is 0 Å². The van der Waals surface area contributed by atoms with Crippen LogP contribution in [0.1, 0.15) is 39.0 Å². The van der Waals surface area contributed by atoms with Gasteiger partial charge in [0.2, 0.25) is 10.0 Å². The van der Waals surface area contributed by atoms with Gasteiger partial charge in [-0.15, -0.1) is 0 Å². The zero-order valence-electron chi connectivity index (χ0n) is 9.85. The molecule has 2 rings (SSSR count). The van der Waals surface area contributed by atoms with E-state index in [0.717, 1.165) is 25.7 Å². The first-order valence-corrected chi connectivity index (χ1v) is 7.79. The second-order valence-corrected chi connectivity index (χ2v) is 7.18. The standard InChI is InChI=1S/C11H21NO3S/c1-2-9-16(14,15)12-7-3-10(4-8-12)11(13)5-6-11/h10,13H,2-9H2,1H3. The quantitative estimate of drug-likeness (QED) is 0.805. The molecule has 2 fully saturated rings. The lowest BCUT2D eigenvalue weighted by molar-refractivity contribution is 0.0534. The minimum atomic E-state index is -3.03. The molecule has 1 heterocycles. The Morgan fingerprint density at radius 2 is 1.88 bits per heavy atom.